The Morgan fingerprint density at radius 2 is 2.21 bits per heavy atom. The van der Waals surface area contributed by atoms with Crippen molar-refractivity contribution in [2.24, 2.45) is 0 Å². The van der Waals surface area contributed by atoms with E-state index >= 15 is 0 Å². The van der Waals surface area contributed by atoms with Crippen LogP contribution in [0.1, 0.15) is 24.5 Å². The van der Waals surface area contributed by atoms with Crippen molar-refractivity contribution < 1.29 is 0 Å². The number of hydrogen-bond donors (Lipinski definition) is 1. The van der Waals surface area contributed by atoms with E-state index in [9.17, 15) is 0 Å². The third kappa shape index (κ3) is 1.42. The van der Waals surface area contributed by atoms with Gasteiger partial charge in [0.15, 0.2) is 5.65 Å². The van der Waals surface area contributed by atoms with E-state index in [-0.39, 0.29) is 12.4 Å². The van der Waals surface area contributed by atoms with Gasteiger partial charge in [0, 0.05) is 12.0 Å². The molecule has 4 nitrogen and oxygen atoms in total. The summed E-state index contributed by atoms with van der Waals surface area (Å²) in [5.41, 5.74) is 8.29. The zero-order valence-electron chi connectivity index (χ0n) is 7.55. The first kappa shape index (κ1) is 9.27. The molecule has 2 aromatic heterocycles. The molecule has 0 spiro atoms. The van der Waals surface area contributed by atoms with Crippen molar-refractivity contribution in [3.05, 3.63) is 24.2 Å². The molecule has 14 heavy (non-hydrogen) atoms. The second-order valence-corrected chi connectivity index (χ2v) is 3.53. The molecule has 0 aliphatic heterocycles. The third-order valence-electron chi connectivity index (χ3n) is 2.35. The Morgan fingerprint density at radius 1 is 1.43 bits per heavy atom. The highest BCUT2D eigenvalue weighted by molar-refractivity contribution is 5.85. The quantitative estimate of drug-likeness (QED) is 0.778. The zero-order chi connectivity index (χ0) is 8.84. The molecule has 1 saturated carbocycles. The molecular weight excluding hydrogens is 200 g/mol. The summed E-state index contributed by atoms with van der Waals surface area (Å²) in [6.45, 7) is 0. The SMILES string of the molecule is Cl.Nc1cnc2cc(C3CC3)nn2c1. The van der Waals surface area contributed by atoms with Crippen LogP contribution in [-0.4, -0.2) is 14.6 Å². The number of aromatic nitrogens is 3. The van der Waals surface area contributed by atoms with Crippen LogP contribution in [-0.2, 0) is 0 Å². The van der Waals surface area contributed by atoms with Crippen LogP contribution in [0.4, 0.5) is 5.69 Å². The molecule has 3 rings (SSSR count). The average molecular weight is 211 g/mol. The van der Waals surface area contributed by atoms with Gasteiger partial charge in [0.2, 0.25) is 0 Å². The monoisotopic (exact) mass is 210 g/mol. The molecule has 2 aromatic rings. The number of halogens is 1. The fourth-order valence-corrected chi connectivity index (χ4v) is 1.49. The zero-order valence-corrected chi connectivity index (χ0v) is 8.37. The van der Waals surface area contributed by atoms with Gasteiger partial charge in [0.05, 0.1) is 23.8 Å². The molecule has 2 heterocycles. The predicted molar refractivity (Wildman–Crippen MR) is 56.6 cm³/mol. The van der Waals surface area contributed by atoms with Crippen molar-refractivity contribution in [2.45, 2.75) is 18.8 Å². The molecule has 1 aliphatic rings. The Labute approximate surface area is 87.5 Å². The Bertz CT molecular complexity index is 461. The number of nitrogens with two attached hydrogens (primary N) is 1. The number of nitrogens with zero attached hydrogens (tertiary/aromatic N) is 3. The Kier molecular flexibility index (Phi) is 2.07. The fraction of sp³-hybridized carbons (Fsp3) is 0.333. The molecule has 1 fully saturated rings. The number of fused-ring (bicyclic) bond motifs is 1. The van der Waals surface area contributed by atoms with Crippen LogP contribution in [0.25, 0.3) is 5.65 Å². The van der Waals surface area contributed by atoms with E-state index in [0.717, 1.165) is 11.3 Å². The van der Waals surface area contributed by atoms with Crippen LogP contribution < -0.4 is 5.73 Å². The van der Waals surface area contributed by atoms with Crippen LogP contribution in [0.2, 0.25) is 0 Å². The van der Waals surface area contributed by atoms with Crippen molar-refractivity contribution in [1.29, 1.82) is 0 Å². The van der Waals surface area contributed by atoms with Gasteiger partial charge in [0.1, 0.15) is 0 Å². The molecule has 0 saturated heterocycles. The summed E-state index contributed by atoms with van der Waals surface area (Å²) < 4.78 is 1.75. The highest BCUT2D eigenvalue weighted by atomic mass is 35.5. The summed E-state index contributed by atoms with van der Waals surface area (Å²) in [5, 5.41) is 4.41. The molecule has 0 radical (unpaired) electrons. The van der Waals surface area contributed by atoms with Gasteiger partial charge >= 0.3 is 0 Å². The molecule has 0 bridgehead atoms. The first-order valence-corrected chi connectivity index (χ1v) is 4.44. The van der Waals surface area contributed by atoms with Gasteiger partial charge in [-0.2, -0.15) is 5.10 Å². The van der Waals surface area contributed by atoms with Crippen molar-refractivity contribution in [3.63, 3.8) is 0 Å². The van der Waals surface area contributed by atoms with Crippen molar-refractivity contribution in [3.8, 4) is 0 Å². The lowest BCUT2D eigenvalue weighted by molar-refractivity contribution is 0.883. The molecular formula is C9H11ClN4. The second-order valence-electron chi connectivity index (χ2n) is 3.53. The third-order valence-corrected chi connectivity index (χ3v) is 2.35. The van der Waals surface area contributed by atoms with Crippen molar-refractivity contribution in [1.82, 2.24) is 14.6 Å². The predicted octanol–water partition coefficient (Wildman–Crippen LogP) is 1.61. The van der Waals surface area contributed by atoms with Gasteiger partial charge < -0.3 is 5.73 Å². The maximum absolute atomic E-state index is 5.60. The lowest BCUT2D eigenvalue weighted by atomic mass is 10.3. The number of nitrogen functional groups attached to an aromatic ring is 1. The fourth-order valence-electron chi connectivity index (χ4n) is 1.49. The summed E-state index contributed by atoms with van der Waals surface area (Å²) >= 11 is 0. The molecule has 5 heteroatoms. The normalized spacial score (nSPS) is 15.4. The lowest BCUT2D eigenvalue weighted by Crippen LogP contribution is -1.94. The topological polar surface area (TPSA) is 56.2 Å². The first-order chi connectivity index (χ1) is 6.33. The van der Waals surface area contributed by atoms with Gasteiger partial charge in [-0.15, -0.1) is 12.4 Å². The van der Waals surface area contributed by atoms with Crippen molar-refractivity contribution in [2.75, 3.05) is 5.73 Å². The number of hydrogen-bond acceptors (Lipinski definition) is 3. The molecule has 74 valence electrons. The van der Waals surface area contributed by atoms with E-state index in [1.165, 1.54) is 12.8 Å². The molecule has 1 aliphatic carbocycles. The maximum atomic E-state index is 5.60. The van der Waals surface area contributed by atoms with Crippen LogP contribution in [0, 0.1) is 0 Å². The highest BCUT2D eigenvalue weighted by Gasteiger charge is 2.26. The van der Waals surface area contributed by atoms with Crippen LogP contribution >= 0.6 is 12.4 Å². The largest absolute Gasteiger partial charge is 0.396 e. The van der Waals surface area contributed by atoms with Crippen LogP contribution in [0.15, 0.2) is 18.5 Å². The smallest absolute Gasteiger partial charge is 0.155 e. The van der Waals surface area contributed by atoms with Crippen LogP contribution in [0.5, 0.6) is 0 Å². The van der Waals surface area contributed by atoms with Gasteiger partial charge in [0.25, 0.3) is 0 Å². The molecule has 0 amide bonds. The van der Waals surface area contributed by atoms with Crippen LogP contribution in [0.3, 0.4) is 0 Å². The summed E-state index contributed by atoms with van der Waals surface area (Å²) in [6.07, 6.45) is 5.99. The minimum Gasteiger partial charge on any atom is -0.396 e. The van der Waals surface area contributed by atoms with E-state index < -0.39 is 0 Å². The highest BCUT2D eigenvalue weighted by Crippen LogP contribution is 2.39. The van der Waals surface area contributed by atoms with Gasteiger partial charge in [-0.25, -0.2) is 9.50 Å². The summed E-state index contributed by atoms with van der Waals surface area (Å²) in [7, 11) is 0. The first-order valence-electron chi connectivity index (χ1n) is 4.44. The second kappa shape index (κ2) is 3.13. The van der Waals surface area contributed by atoms with E-state index in [1.54, 1.807) is 16.9 Å². The molecule has 2 N–H and O–H groups in total. The number of anilines is 1. The Balaban J connectivity index is 0.000000750. The number of rotatable bonds is 1. The average Bonchev–Trinajstić information content (AvgIpc) is 2.87. The molecule has 0 aromatic carbocycles. The maximum Gasteiger partial charge on any atom is 0.155 e. The summed E-state index contributed by atoms with van der Waals surface area (Å²) in [4.78, 5) is 4.19. The molecule has 0 unspecified atom stereocenters. The Hall–Kier alpha value is -1.29. The van der Waals surface area contributed by atoms with Gasteiger partial charge in [-0.3, -0.25) is 0 Å². The van der Waals surface area contributed by atoms with E-state index in [0.29, 0.717) is 11.6 Å². The summed E-state index contributed by atoms with van der Waals surface area (Å²) in [6, 6.07) is 2.04. The standard InChI is InChI=1S/C9H10N4.ClH/c10-7-4-11-9-3-8(6-1-2-6)12-13(9)5-7;/h3-6H,1-2,10H2;1H. The lowest BCUT2D eigenvalue weighted by Gasteiger charge is -1.92. The van der Waals surface area contributed by atoms with E-state index in [4.69, 9.17) is 5.73 Å². The molecule has 0 atom stereocenters. The minimum atomic E-state index is 0. The summed E-state index contributed by atoms with van der Waals surface area (Å²) in [5.74, 6) is 0.669. The minimum absolute atomic E-state index is 0. The van der Waals surface area contributed by atoms with E-state index in [2.05, 4.69) is 10.1 Å². The van der Waals surface area contributed by atoms with E-state index in [1.807, 2.05) is 6.07 Å². The van der Waals surface area contributed by atoms with Gasteiger partial charge in [-0.1, -0.05) is 0 Å². The van der Waals surface area contributed by atoms with Gasteiger partial charge in [-0.05, 0) is 12.8 Å². The van der Waals surface area contributed by atoms with Crippen molar-refractivity contribution >= 4 is 23.7 Å². The Morgan fingerprint density at radius 3 is 2.93 bits per heavy atom.